The van der Waals surface area contributed by atoms with Gasteiger partial charge in [-0.05, 0) is 44.0 Å². The Balaban J connectivity index is 2.09. The number of para-hydroxylation sites is 1. The summed E-state index contributed by atoms with van der Waals surface area (Å²) in [6.07, 6.45) is 0. The minimum Gasteiger partial charge on any atom is -0.480 e. The highest BCUT2D eigenvalue weighted by molar-refractivity contribution is 8.00. The van der Waals surface area contributed by atoms with Crippen molar-refractivity contribution in [1.29, 1.82) is 0 Å². The number of aromatic amines is 1. The predicted octanol–water partition coefficient (Wildman–Crippen LogP) is 4.05. The molecule has 4 rings (SSSR count). The summed E-state index contributed by atoms with van der Waals surface area (Å²) in [5.74, 6) is -0.953. The first kappa shape index (κ1) is 18.3. The largest absolute Gasteiger partial charge is 0.480 e. The van der Waals surface area contributed by atoms with Crippen molar-refractivity contribution in [1.82, 2.24) is 14.5 Å². The van der Waals surface area contributed by atoms with E-state index in [2.05, 4.69) is 4.98 Å². The van der Waals surface area contributed by atoms with Gasteiger partial charge in [0.05, 0.1) is 5.69 Å². The van der Waals surface area contributed by atoms with Crippen LogP contribution in [0.3, 0.4) is 0 Å². The van der Waals surface area contributed by atoms with Crippen molar-refractivity contribution < 1.29 is 9.90 Å². The monoisotopic (exact) mass is 393 g/mol. The quantitative estimate of drug-likeness (QED) is 0.403. The number of fused-ring (bicyclic) bond motifs is 3. The molecule has 0 aliphatic heterocycles. The highest BCUT2D eigenvalue weighted by Gasteiger charge is 2.22. The zero-order valence-electron chi connectivity index (χ0n) is 15.7. The van der Waals surface area contributed by atoms with Crippen LogP contribution in [-0.4, -0.2) is 30.9 Å². The van der Waals surface area contributed by atoms with Gasteiger partial charge in [-0.15, -0.1) is 0 Å². The maximum absolute atomic E-state index is 13.5. The van der Waals surface area contributed by atoms with Crippen molar-refractivity contribution in [2.75, 3.05) is 0 Å². The number of hydrogen-bond acceptors (Lipinski definition) is 4. The molecule has 0 aliphatic carbocycles. The van der Waals surface area contributed by atoms with Crippen LogP contribution in [0.4, 0.5) is 0 Å². The van der Waals surface area contributed by atoms with Crippen LogP contribution in [0.25, 0.3) is 27.6 Å². The van der Waals surface area contributed by atoms with Gasteiger partial charge in [0.1, 0.15) is 16.3 Å². The van der Waals surface area contributed by atoms with E-state index in [4.69, 9.17) is 4.98 Å². The van der Waals surface area contributed by atoms with Crippen LogP contribution in [0, 0.1) is 13.8 Å². The second-order valence-corrected chi connectivity index (χ2v) is 8.13. The Hall–Kier alpha value is -3.06. The molecule has 0 radical (unpaired) electrons. The smallest absolute Gasteiger partial charge is 0.316 e. The molecule has 6 nitrogen and oxygen atoms in total. The van der Waals surface area contributed by atoms with Crippen LogP contribution < -0.4 is 5.56 Å². The van der Waals surface area contributed by atoms with Crippen LogP contribution in [0.5, 0.6) is 0 Å². The molecule has 0 saturated heterocycles. The third-order valence-corrected chi connectivity index (χ3v) is 5.77. The summed E-state index contributed by atoms with van der Waals surface area (Å²) in [7, 11) is 0. The van der Waals surface area contributed by atoms with Crippen LogP contribution in [0.2, 0.25) is 0 Å². The molecule has 0 aliphatic rings. The molecule has 0 saturated carbocycles. The first-order valence-corrected chi connectivity index (χ1v) is 9.75. The molecule has 1 atom stereocenters. The lowest BCUT2D eigenvalue weighted by molar-refractivity contribution is -0.136. The normalized spacial score (nSPS) is 12.5. The summed E-state index contributed by atoms with van der Waals surface area (Å²) in [5.41, 5.74) is 4.18. The lowest BCUT2D eigenvalue weighted by Crippen LogP contribution is -2.24. The molecule has 0 amide bonds. The number of thioether (sulfide) groups is 1. The second-order valence-electron chi connectivity index (χ2n) is 6.82. The third-order valence-electron chi connectivity index (χ3n) is 4.73. The molecule has 2 aromatic heterocycles. The van der Waals surface area contributed by atoms with Crippen molar-refractivity contribution in [2.24, 2.45) is 0 Å². The van der Waals surface area contributed by atoms with Crippen molar-refractivity contribution in [3.63, 3.8) is 0 Å². The number of nitrogens with zero attached hydrogens (tertiary/aromatic N) is 2. The molecule has 142 valence electrons. The van der Waals surface area contributed by atoms with Crippen molar-refractivity contribution in [2.45, 2.75) is 31.2 Å². The lowest BCUT2D eigenvalue weighted by atomic mass is 10.1. The number of carboxylic acid groups (broad SMARTS) is 1. The third kappa shape index (κ3) is 2.97. The minimum atomic E-state index is -0.953. The standard InChI is InChI=1S/C21H19N3O3S/c1-11-8-9-12(2)16(10-11)24-19(25)18-17(14-6-4-5-7-15(14)22-18)23-21(24)28-13(3)20(26)27/h4-10,13,22H,1-3H3,(H,26,27)/t13-/m0/s1. The first-order valence-electron chi connectivity index (χ1n) is 8.87. The SMILES string of the molecule is Cc1ccc(C)c(-n2c(S[C@@H](C)C(=O)O)nc3c([nH]c4ccccc43)c2=O)c1. The van der Waals surface area contributed by atoms with E-state index in [0.717, 1.165) is 33.8 Å². The zero-order valence-corrected chi connectivity index (χ0v) is 16.5. The average molecular weight is 393 g/mol. The summed E-state index contributed by atoms with van der Waals surface area (Å²) >= 11 is 1.07. The molecular formula is C21H19N3O3S. The van der Waals surface area contributed by atoms with E-state index in [9.17, 15) is 14.7 Å². The first-order chi connectivity index (χ1) is 13.4. The Morgan fingerprint density at radius 2 is 1.96 bits per heavy atom. The maximum atomic E-state index is 13.5. The number of rotatable bonds is 4. The molecule has 28 heavy (non-hydrogen) atoms. The second kappa shape index (κ2) is 6.83. The molecule has 2 heterocycles. The van der Waals surface area contributed by atoms with Gasteiger partial charge in [0, 0.05) is 10.9 Å². The topological polar surface area (TPSA) is 88.0 Å². The van der Waals surface area contributed by atoms with Crippen LogP contribution in [0.1, 0.15) is 18.1 Å². The van der Waals surface area contributed by atoms with Crippen molar-refractivity contribution >= 4 is 39.7 Å². The molecular weight excluding hydrogens is 374 g/mol. The number of carboxylic acids is 1. The predicted molar refractivity (Wildman–Crippen MR) is 112 cm³/mol. The number of aryl methyl sites for hydroxylation is 2. The number of H-pyrrole nitrogens is 1. The van der Waals surface area contributed by atoms with Gasteiger partial charge in [0.25, 0.3) is 5.56 Å². The number of nitrogens with one attached hydrogen (secondary N) is 1. The van der Waals surface area contributed by atoms with Crippen LogP contribution in [0.15, 0.2) is 52.4 Å². The summed E-state index contributed by atoms with van der Waals surface area (Å²) in [6, 6.07) is 13.4. The summed E-state index contributed by atoms with van der Waals surface area (Å²) < 4.78 is 1.52. The van der Waals surface area contributed by atoms with Crippen molar-refractivity contribution in [3.8, 4) is 5.69 Å². The molecule has 0 spiro atoms. The van der Waals surface area contributed by atoms with E-state index >= 15 is 0 Å². The Morgan fingerprint density at radius 1 is 1.21 bits per heavy atom. The molecule has 2 N–H and O–H groups in total. The van der Waals surface area contributed by atoms with Gasteiger partial charge >= 0.3 is 5.97 Å². The minimum absolute atomic E-state index is 0.241. The number of aromatic nitrogens is 3. The fraction of sp³-hybridized carbons (Fsp3) is 0.190. The Kier molecular flexibility index (Phi) is 4.47. The van der Waals surface area contributed by atoms with Gasteiger partial charge in [-0.1, -0.05) is 42.1 Å². The highest BCUT2D eigenvalue weighted by atomic mass is 32.2. The van der Waals surface area contributed by atoms with Crippen molar-refractivity contribution in [3.05, 3.63) is 63.9 Å². The number of aliphatic carboxylic acids is 1. The summed E-state index contributed by atoms with van der Waals surface area (Å²) in [4.78, 5) is 32.8. The highest BCUT2D eigenvalue weighted by Crippen LogP contribution is 2.29. The fourth-order valence-corrected chi connectivity index (χ4v) is 4.05. The van der Waals surface area contributed by atoms with Crippen LogP contribution in [-0.2, 0) is 4.79 Å². The van der Waals surface area contributed by atoms with E-state index in [1.807, 2.05) is 56.3 Å². The number of hydrogen-bond donors (Lipinski definition) is 2. The lowest BCUT2D eigenvalue weighted by Gasteiger charge is -2.16. The van der Waals surface area contributed by atoms with Crippen LogP contribution >= 0.6 is 11.8 Å². The Morgan fingerprint density at radius 3 is 2.71 bits per heavy atom. The molecule has 0 unspecified atom stereocenters. The Bertz CT molecular complexity index is 1290. The fourth-order valence-electron chi connectivity index (χ4n) is 3.20. The van der Waals surface area contributed by atoms with Gasteiger partial charge in [0.15, 0.2) is 5.16 Å². The molecule has 2 aromatic carbocycles. The van der Waals surface area contributed by atoms with E-state index in [1.54, 1.807) is 6.92 Å². The van der Waals surface area contributed by atoms with Gasteiger partial charge in [-0.25, -0.2) is 4.98 Å². The summed E-state index contributed by atoms with van der Waals surface area (Å²) in [6.45, 7) is 5.47. The molecule has 4 aromatic rings. The maximum Gasteiger partial charge on any atom is 0.316 e. The zero-order chi connectivity index (χ0) is 20.0. The molecule has 0 bridgehead atoms. The number of benzene rings is 2. The van der Waals surface area contributed by atoms with E-state index in [-0.39, 0.29) is 5.56 Å². The molecule has 7 heteroatoms. The van der Waals surface area contributed by atoms with Gasteiger partial charge < -0.3 is 10.1 Å². The number of carbonyl (C=O) groups is 1. The van der Waals surface area contributed by atoms with Gasteiger partial charge in [-0.2, -0.15) is 0 Å². The van der Waals surface area contributed by atoms with Gasteiger partial charge in [-0.3, -0.25) is 14.2 Å². The van der Waals surface area contributed by atoms with E-state index in [1.165, 1.54) is 4.57 Å². The summed E-state index contributed by atoms with van der Waals surface area (Å²) in [5, 5.41) is 9.84. The molecule has 0 fully saturated rings. The van der Waals surface area contributed by atoms with Gasteiger partial charge in [0.2, 0.25) is 0 Å². The van der Waals surface area contributed by atoms with E-state index in [0.29, 0.717) is 21.9 Å². The average Bonchev–Trinajstić information content (AvgIpc) is 3.03. The van der Waals surface area contributed by atoms with E-state index < -0.39 is 11.2 Å². The Labute approximate surface area is 165 Å².